The van der Waals surface area contributed by atoms with Crippen molar-refractivity contribution in [2.45, 2.75) is 0 Å². The Morgan fingerprint density at radius 3 is 2.44 bits per heavy atom. The van der Waals surface area contributed by atoms with Crippen molar-refractivity contribution in [1.29, 1.82) is 0 Å². The van der Waals surface area contributed by atoms with Crippen LogP contribution in [0, 0.1) is 0 Å². The van der Waals surface area contributed by atoms with Crippen LogP contribution in [0.4, 0.5) is 11.4 Å². The molecular formula is C17H18N4O4. The van der Waals surface area contributed by atoms with Gasteiger partial charge in [0.1, 0.15) is 16.9 Å². The number of nitrogens with one attached hydrogen (secondary N) is 1. The van der Waals surface area contributed by atoms with E-state index in [0.29, 0.717) is 33.9 Å². The van der Waals surface area contributed by atoms with Crippen molar-refractivity contribution in [2.75, 3.05) is 19.5 Å². The SMILES string of the molecule is COc1ccc(Nc2ccnc3c2c(=O)n(C)c(=O)n3C)c(OC)c1. The van der Waals surface area contributed by atoms with Crippen LogP contribution in [0.5, 0.6) is 11.5 Å². The summed E-state index contributed by atoms with van der Waals surface area (Å²) in [5.41, 5.74) is 0.660. The van der Waals surface area contributed by atoms with Crippen molar-refractivity contribution < 1.29 is 9.47 Å². The Labute approximate surface area is 143 Å². The molecule has 0 aliphatic heterocycles. The normalized spacial score (nSPS) is 10.7. The van der Waals surface area contributed by atoms with Crippen LogP contribution < -0.4 is 26.0 Å². The Hall–Kier alpha value is -3.29. The molecule has 3 aromatic rings. The molecule has 0 radical (unpaired) electrons. The first-order valence-electron chi connectivity index (χ1n) is 7.51. The number of aryl methyl sites for hydroxylation is 1. The molecule has 0 amide bonds. The summed E-state index contributed by atoms with van der Waals surface area (Å²) >= 11 is 0. The van der Waals surface area contributed by atoms with E-state index in [1.165, 1.54) is 11.6 Å². The van der Waals surface area contributed by atoms with Crippen molar-refractivity contribution >= 4 is 22.4 Å². The summed E-state index contributed by atoms with van der Waals surface area (Å²) in [6.45, 7) is 0. The topological polar surface area (TPSA) is 87.4 Å². The van der Waals surface area contributed by atoms with Crippen LogP contribution in [-0.4, -0.2) is 28.3 Å². The van der Waals surface area contributed by atoms with E-state index in [1.54, 1.807) is 51.7 Å². The molecule has 1 N–H and O–H groups in total. The van der Waals surface area contributed by atoms with Gasteiger partial charge in [0.15, 0.2) is 5.65 Å². The van der Waals surface area contributed by atoms with E-state index in [4.69, 9.17) is 9.47 Å². The number of ether oxygens (including phenoxy) is 2. The smallest absolute Gasteiger partial charge is 0.332 e. The van der Waals surface area contributed by atoms with Gasteiger partial charge in [0.2, 0.25) is 0 Å². The van der Waals surface area contributed by atoms with Crippen LogP contribution in [0.15, 0.2) is 40.1 Å². The van der Waals surface area contributed by atoms with Gasteiger partial charge < -0.3 is 14.8 Å². The zero-order chi connectivity index (χ0) is 18.1. The van der Waals surface area contributed by atoms with Gasteiger partial charge in [0, 0.05) is 26.4 Å². The number of pyridine rings is 1. The standard InChI is InChI=1S/C17H18N4O4/c1-20-15-14(16(22)21(2)17(20)23)12(7-8-18-15)19-11-6-5-10(24-3)9-13(11)25-4/h5-9H,1-4H3,(H,18,19). The number of fused-ring (bicyclic) bond motifs is 1. The summed E-state index contributed by atoms with van der Waals surface area (Å²) in [6.07, 6.45) is 1.54. The van der Waals surface area contributed by atoms with Gasteiger partial charge in [-0.1, -0.05) is 0 Å². The van der Waals surface area contributed by atoms with E-state index in [-0.39, 0.29) is 0 Å². The van der Waals surface area contributed by atoms with Gasteiger partial charge in [0.05, 0.1) is 25.6 Å². The van der Waals surface area contributed by atoms with Crippen molar-refractivity contribution in [3.63, 3.8) is 0 Å². The maximum atomic E-state index is 12.6. The van der Waals surface area contributed by atoms with E-state index >= 15 is 0 Å². The second-order valence-corrected chi connectivity index (χ2v) is 5.45. The maximum Gasteiger partial charge on any atom is 0.332 e. The largest absolute Gasteiger partial charge is 0.497 e. The summed E-state index contributed by atoms with van der Waals surface area (Å²) in [5.74, 6) is 1.21. The summed E-state index contributed by atoms with van der Waals surface area (Å²) in [5, 5.41) is 3.51. The highest BCUT2D eigenvalue weighted by molar-refractivity contribution is 5.90. The molecule has 0 fully saturated rings. The molecule has 1 aromatic carbocycles. The quantitative estimate of drug-likeness (QED) is 0.771. The Morgan fingerprint density at radius 2 is 1.76 bits per heavy atom. The average molecular weight is 342 g/mol. The summed E-state index contributed by atoms with van der Waals surface area (Å²) in [7, 11) is 6.14. The minimum atomic E-state index is -0.427. The zero-order valence-corrected chi connectivity index (χ0v) is 14.4. The van der Waals surface area contributed by atoms with Crippen LogP contribution in [-0.2, 0) is 14.1 Å². The lowest BCUT2D eigenvalue weighted by Crippen LogP contribution is -2.37. The Kier molecular flexibility index (Phi) is 4.18. The molecule has 0 bridgehead atoms. The molecule has 0 aliphatic carbocycles. The second kappa shape index (κ2) is 6.31. The molecule has 0 unspecified atom stereocenters. The molecule has 0 aliphatic rings. The number of anilines is 2. The van der Waals surface area contributed by atoms with Crippen molar-refractivity contribution in [3.05, 3.63) is 51.3 Å². The zero-order valence-electron chi connectivity index (χ0n) is 14.4. The van der Waals surface area contributed by atoms with Crippen LogP contribution in [0.2, 0.25) is 0 Å². The third-order valence-electron chi connectivity index (χ3n) is 4.02. The molecule has 0 atom stereocenters. The highest BCUT2D eigenvalue weighted by Crippen LogP contribution is 2.32. The van der Waals surface area contributed by atoms with Gasteiger partial charge in [-0.05, 0) is 18.2 Å². The second-order valence-electron chi connectivity index (χ2n) is 5.45. The number of methoxy groups -OCH3 is 2. The highest BCUT2D eigenvalue weighted by atomic mass is 16.5. The minimum Gasteiger partial charge on any atom is -0.497 e. The lowest BCUT2D eigenvalue weighted by atomic mass is 10.2. The monoisotopic (exact) mass is 342 g/mol. The Bertz CT molecular complexity index is 1070. The van der Waals surface area contributed by atoms with Crippen molar-refractivity contribution in [1.82, 2.24) is 14.1 Å². The lowest BCUT2D eigenvalue weighted by Gasteiger charge is -2.15. The molecule has 8 nitrogen and oxygen atoms in total. The van der Waals surface area contributed by atoms with Gasteiger partial charge in [-0.3, -0.25) is 13.9 Å². The van der Waals surface area contributed by atoms with E-state index in [0.717, 1.165) is 4.57 Å². The first kappa shape index (κ1) is 16.6. The first-order chi connectivity index (χ1) is 12.0. The lowest BCUT2D eigenvalue weighted by molar-refractivity contribution is 0.395. The summed E-state index contributed by atoms with van der Waals surface area (Å²) in [6, 6.07) is 6.98. The van der Waals surface area contributed by atoms with Crippen molar-refractivity contribution in [3.8, 4) is 11.5 Å². The number of aromatic nitrogens is 3. The molecule has 0 saturated heterocycles. The van der Waals surface area contributed by atoms with E-state index in [1.807, 2.05) is 0 Å². The molecule has 0 spiro atoms. The molecule has 8 heteroatoms. The maximum absolute atomic E-state index is 12.6. The first-order valence-corrected chi connectivity index (χ1v) is 7.51. The number of hydrogen-bond acceptors (Lipinski definition) is 6. The summed E-state index contributed by atoms with van der Waals surface area (Å²) in [4.78, 5) is 28.8. The highest BCUT2D eigenvalue weighted by Gasteiger charge is 2.15. The molecular weight excluding hydrogens is 324 g/mol. The average Bonchev–Trinajstić information content (AvgIpc) is 2.64. The fraction of sp³-hybridized carbons (Fsp3) is 0.235. The predicted molar refractivity (Wildman–Crippen MR) is 95.1 cm³/mol. The van der Waals surface area contributed by atoms with E-state index in [9.17, 15) is 9.59 Å². The van der Waals surface area contributed by atoms with Crippen molar-refractivity contribution in [2.24, 2.45) is 14.1 Å². The van der Waals surface area contributed by atoms with E-state index < -0.39 is 11.2 Å². The third-order valence-corrected chi connectivity index (χ3v) is 4.02. The fourth-order valence-corrected chi connectivity index (χ4v) is 2.64. The van der Waals surface area contributed by atoms with Crippen LogP contribution in [0.3, 0.4) is 0 Å². The van der Waals surface area contributed by atoms with Crippen LogP contribution in [0.1, 0.15) is 0 Å². The van der Waals surface area contributed by atoms with Gasteiger partial charge in [0.25, 0.3) is 5.56 Å². The van der Waals surface area contributed by atoms with Gasteiger partial charge in [-0.25, -0.2) is 9.78 Å². The number of rotatable bonds is 4. The molecule has 2 aromatic heterocycles. The molecule has 130 valence electrons. The third kappa shape index (κ3) is 2.71. The fourth-order valence-electron chi connectivity index (χ4n) is 2.64. The molecule has 0 saturated carbocycles. The van der Waals surface area contributed by atoms with Gasteiger partial charge in [-0.2, -0.15) is 0 Å². The van der Waals surface area contributed by atoms with Gasteiger partial charge in [-0.15, -0.1) is 0 Å². The Balaban J connectivity index is 2.21. The van der Waals surface area contributed by atoms with Crippen LogP contribution >= 0.6 is 0 Å². The minimum absolute atomic E-state index is 0.311. The Morgan fingerprint density at radius 1 is 1.00 bits per heavy atom. The number of hydrogen-bond donors (Lipinski definition) is 1. The predicted octanol–water partition coefficient (Wildman–Crippen LogP) is 1.39. The summed E-state index contributed by atoms with van der Waals surface area (Å²) < 4.78 is 13.0. The molecule has 2 heterocycles. The number of benzene rings is 1. The van der Waals surface area contributed by atoms with E-state index in [2.05, 4.69) is 10.3 Å². The van der Waals surface area contributed by atoms with Gasteiger partial charge >= 0.3 is 5.69 Å². The molecule has 3 rings (SSSR count). The van der Waals surface area contributed by atoms with Crippen LogP contribution in [0.25, 0.3) is 11.0 Å². The number of nitrogens with zero attached hydrogens (tertiary/aromatic N) is 3. The molecule has 25 heavy (non-hydrogen) atoms.